The van der Waals surface area contributed by atoms with Gasteiger partial charge < -0.3 is 10.0 Å². The fourth-order valence-corrected chi connectivity index (χ4v) is 2.06. The normalized spacial score (nSPS) is 10.4. The van der Waals surface area contributed by atoms with E-state index in [0.29, 0.717) is 13.0 Å². The maximum Gasteiger partial charge on any atom is 0.254 e. The largest absolute Gasteiger partial charge is 0.395 e. The van der Waals surface area contributed by atoms with E-state index in [1.54, 1.807) is 0 Å². The number of aromatic nitrogens is 1. The summed E-state index contributed by atoms with van der Waals surface area (Å²) in [6, 6.07) is 12.3. The molecule has 1 heterocycles. The van der Waals surface area contributed by atoms with Crippen molar-refractivity contribution in [1.82, 2.24) is 9.88 Å². The molecule has 0 aliphatic carbocycles. The minimum absolute atomic E-state index is 0.131. The van der Waals surface area contributed by atoms with Gasteiger partial charge in [-0.3, -0.25) is 4.79 Å². The number of amides is 1. The summed E-state index contributed by atoms with van der Waals surface area (Å²) in [5.41, 5.74) is 1.35. The summed E-state index contributed by atoms with van der Waals surface area (Å²) in [6.07, 6.45) is 1.94. The third-order valence-electron chi connectivity index (χ3n) is 3.14. The molecule has 0 saturated carbocycles. The first kappa shape index (κ1) is 15.1. The van der Waals surface area contributed by atoms with E-state index in [-0.39, 0.29) is 24.6 Å². The van der Waals surface area contributed by atoms with Crippen LogP contribution in [-0.4, -0.2) is 40.6 Å². The first-order chi connectivity index (χ1) is 10.2. The van der Waals surface area contributed by atoms with Gasteiger partial charge in [0.05, 0.1) is 6.61 Å². The van der Waals surface area contributed by atoms with Crippen molar-refractivity contribution >= 4 is 5.91 Å². The second-order valence-electron chi connectivity index (χ2n) is 4.62. The molecule has 1 aromatic heterocycles. The topological polar surface area (TPSA) is 53.4 Å². The molecule has 5 heteroatoms. The van der Waals surface area contributed by atoms with Crippen LogP contribution >= 0.6 is 0 Å². The highest BCUT2D eigenvalue weighted by atomic mass is 19.1. The first-order valence-electron chi connectivity index (χ1n) is 6.76. The summed E-state index contributed by atoms with van der Waals surface area (Å²) >= 11 is 0. The van der Waals surface area contributed by atoms with Crippen LogP contribution in [0.3, 0.4) is 0 Å². The van der Waals surface area contributed by atoms with E-state index in [2.05, 4.69) is 4.98 Å². The van der Waals surface area contributed by atoms with Gasteiger partial charge in [-0.1, -0.05) is 30.3 Å². The Bertz CT molecular complexity index is 590. The standard InChI is InChI=1S/C16H17FN2O2/c17-15-12-14(6-8-18-15)16(21)19(10-11-20)9-7-13-4-2-1-3-5-13/h1-6,8,12,20H,7,9-11H2. The number of benzene rings is 1. The lowest BCUT2D eigenvalue weighted by Gasteiger charge is -2.21. The zero-order chi connectivity index (χ0) is 15.1. The fourth-order valence-electron chi connectivity index (χ4n) is 2.06. The van der Waals surface area contributed by atoms with Crippen molar-refractivity contribution in [3.8, 4) is 0 Å². The van der Waals surface area contributed by atoms with Gasteiger partial charge in [-0.15, -0.1) is 0 Å². The van der Waals surface area contributed by atoms with Crippen LogP contribution in [0.4, 0.5) is 4.39 Å². The molecule has 0 unspecified atom stereocenters. The minimum atomic E-state index is -0.687. The lowest BCUT2D eigenvalue weighted by atomic mass is 10.1. The highest BCUT2D eigenvalue weighted by molar-refractivity contribution is 5.94. The Kier molecular flexibility index (Phi) is 5.40. The molecule has 0 aliphatic heterocycles. The molecule has 1 amide bonds. The molecule has 21 heavy (non-hydrogen) atoms. The number of halogens is 1. The first-order valence-corrected chi connectivity index (χ1v) is 6.76. The third-order valence-corrected chi connectivity index (χ3v) is 3.14. The van der Waals surface area contributed by atoms with Crippen molar-refractivity contribution in [3.63, 3.8) is 0 Å². The lowest BCUT2D eigenvalue weighted by Crippen LogP contribution is -2.35. The number of pyridine rings is 1. The van der Waals surface area contributed by atoms with Gasteiger partial charge >= 0.3 is 0 Å². The van der Waals surface area contributed by atoms with Gasteiger partial charge in [0.25, 0.3) is 5.91 Å². The maximum absolute atomic E-state index is 13.1. The zero-order valence-electron chi connectivity index (χ0n) is 11.6. The second-order valence-corrected chi connectivity index (χ2v) is 4.62. The van der Waals surface area contributed by atoms with E-state index in [4.69, 9.17) is 5.11 Å². The Labute approximate surface area is 122 Å². The van der Waals surface area contributed by atoms with Crippen LogP contribution in [0.25, 0.3) is 0 Å². The monoisotopic (exact) mass is 288 g/mol. The van der Waals surface area contributed by atoms with Gasteiger partial charge in [-0.05, 0) is 18.1 Å². The van der Waals surface area contributed by atoms with Crippen molar-refractivity contribution in [2.45, 2.75) is 6.42 Å². The average molecular weight is 288 g/mol. The number of hydrogen-bond donors (Lipinski definition) is 1. The van der Waals surface area contributed by atoms with Crippen LogP contribution < -0.4 is 0 Å². The highest BCUT2D eigenvalue weighted by Crippen LogP contribution is 2.08. The molecule has 0 spiro atoms. The molecule has 0 radical (unpaired) electrons. The molecule has 1 aromatic carbocycles. The Morgan fingerprint density at radius 3 is 2.62 bits per heavy atom. The fraction of sp³-hybridized carbons (Fsp3) is 0.250. The van der Waals surface area contributed by atoms with E-state index < -0.39 is 5.95 Å². The molecule has 1 N–H and O–H groups in total. The van der Waals surface area contributed by atoms with Crippen LogP contribution in [0.1, 0.15) is 15.9 Å². The molecule has 2 rings (SSSR count). The highest BCUT2D eigenvalue weighted by Gasteiger charge is 2.16. The van der Waals surface area contributed by atoms with Crippen molar-refractivity contribution in [1.29, 1.82) is 0 Å². The molecular weight excluding hydrogens is 271 g/mol. The number of nitrogens with zero attached hydrogens (tertiary/aromatic N) is 2. The SMILES string of the molecule is O=C(c1ccnc(F)c1)N(CCO)CCc1ccccc1. The van der Waals surface area contributed by atoms with E-state index in [1.165, 1.54) is 17.2 Å². The van der Waals surface area contributed by atoms with Crippen LogP contribution in [-0.2, 0) is 6.42 Å². The van der Waals surface area contributed by atoms with E-state index in [9.17, 15) is 9.18 Å². The Hall–Kier alpha value is -2.27. The van der Waals surface area contributed by atoms with Crippen molar-refractivity contribution in [2.24, 2.45) is 0 Å². The summed E-state index contributed by atoms with van der Waals surface area (Å²) in [5, 5.41) is 9.10. The molecule has 110 valence electrons. The van der Waals surface area contributed by atoms with Crippen LogP contribution in [0.5, 0.6) is 0 Å². The van der Waals surface area contributed by atoms with Crippen molar-refractivity contribution in [2.75, 3.05) is 19.7 Å². The van der Waals surface area contributed by atoms with Gasteiger partial charge in [-0.2, -0.15) is 4.39 Å². The van der Waals surface area contributed by atoms with Gasteiger partial charge in [0, 0.05) is 30.9 Å². The smallest absolute Gasteiger partial charge is 0.254 e. The summed E-state index contributed by atoms with van der Waals surface area (Å²) < 4.78 is 13.1. The van der Waals surface area contributed by atoms with Gasteiger partial charge in [0.1, 0.15) is 0 Å². The summed E-state index contributed by atoms with van der Waals surface area (Å²) in [7, 11) is 0. The number of hydrogen-bond acceptors (Lipinski definition) is 3. The summed E-state index contributed by atoms with van der Waals surface area (Å²) in [5.74, 6) is -0.992. The quantitative estimate of drug-likeness (QED) is 0.826. The molecule has 0 atom stereocenters. The Morgan fingerprint density at radius 1 is 1.19 bits per heavy atom. The van der Waals surface area contributed by atoms with E-state index >= 15 is 0 Å². The predicted molar refractivity (Wildman–Crippen MR) is 77.3 cm³/mol. The molecule has 0 bridgehead atoms. The van der Waals surface area contributed by atoms with E-state index in [1.807, 2.05) is 30.3 Å². The van der Waals surface area contributed by atoms with Crippen molar-refractivity contribution in [3.05, 3.63) is 65.7 Å². The Morgan fingerprint density at radius 2 is 1.95 bits per heavy atom. The third kappa shape index (κ3) is 4.36. The van der Waals surface area contributed by atoms with Gasteiger partial charge in [0.15, 0.2) is 0 Å². The van der Waals surface area contributed by atoms with Gasteiger partial charge in [-0.25, -0.2) is 4.98 Å². The summed E-state index contributed by atoms with van der Waals surface area (Å²) in [6.45, 7) is 0.553. The number of aliphatic hydroxyl groups is 1. The maximum atomic E-state index is 13.1. The number of aliphatic hydroxyl groups excluding tert-OH is 1. The Balaban J connectivity index is 2.06. The molecule has 2 aromatic rings. The zero-order valence-corrected chi connectivity index (χ0v) is 11.6. The number of rotatable bonds is 6. The molecule has 0 aliphatic rings. The van der Waals surface area contributed by atoms with Gasteiger partial charge in [0.2, 0.25) is 5.95 Å². The summed E-state index contributed by atoms with van der Waals surface area (Å²) in [4.78, 5) is 17.3. The van der Waals surface area contributed by atoms with Crippen LogP contribution in [0.15, 0.2) is 48.7 Å². The molecule has 4 nitrogen and oxygen atoms in total. The van der Waals surface area contributed by atoms with Crippen molar-refractivity contribution < 1.29 is 14.3 Å². The number of carbonyl (C=O) groups is 1. The predicted octanol–water partition coefficient (Wildman–Crippen LogP) is 1.90. The minimum Gasteiger partial charge on any atom is -0.395 e. The second kappa shape index (κ2) is 7.50. The van der Waals surface area contributed by atoms with Crippen LogP contribution in [0, 0.1) is 5.95 Å². The average Bonchev–Trinajstić information content (AvgIpc) is 2.52. The molecule has 0 fully saturated rings. The molecular formula is C16H17FN2O2. The van der Waals surface area contributed by atoms with E-state index in [0.717, 1.165) is 11.6 Å². The van der Waals surface area contributed by atoms with Crippen LogP contribution in [0.2, 0.25) is 0 Å². The number of carbonyl (C=O) groups excluding carboxylic acids is 1. The lowest BCUT2D eigenvalue weighted by molar-refractivity contribution is 0.0723. The molecule has 0 saturated heterocycles.